The monoisotopic (exact) mass is 328 g/mol. The predicted octanol–water partition coefficient (Wildman–Crippen LogP) is 3.81. The van der Waals surface area contributed by atoms with Crippen molar-refractivity contribution in [1.82, 2.24) is 9.55 Å². The molecular weight excluding hydrogens is 311 g/mol. The van der Waals surface area contributed by atoms with E-state index in [-0.39, 0.29) is 5.97 Å². The first-order valence-corrected chi connectivity index (χ1v) is 7.93. The number of benzene rings is 1. The summed E-state index contributed by atoms with van der Waals surface area (Å²) in [6, 6.07) is 5.62. The smallest absolute Gasteiger partial charge is 0.305 e. The molecule has 0 bridgehead atoms. The van der Waals surface area contributed by atoms with Gasteiger partial charge in [0, 0.05) is 30.3 Å². The molecular formula is C15H18Cl2N2O2. The average Bonchev–Trinajstić information content (AvgIpc) is 2.77. The van der Waals surface area contributed by atoms with Crippen molar-refractivity contribution in [2.24, 2.45) is 0 Å². The predicted molar refractivity (Wildman–Crippen MR) is 85.0 cm³/mol. The number of ether oxygens (including phenoxy) is 1. The second-order valence-corrected chi connectivity index (χ2v) is 5.47. The number of aromatic nitrogens is 2. The van der Waals surface area contributed by atoms with Gasteiger partial charge in [-0.1, -0.05) is 11.6 Å². The highest BCUT2D eigenvalue weighted by Crippen LogP contribution is 2.22. The van der Waals surface area contributed by atoms with Crippen LogP contribution in [0.5, 0.6) is 0 Å². The van der Waals surface area contributed by atoms with Gasteiger partial charge in [0.15, 0.2) is 0 Å². The number of nitrogens with zero attached hydrogens (tertiary/aromatic N) is 2. The molecule has 1 heterocycles. The highest BCUT2D eigenvalue weighted by molar-refractivity contribution is 6.31. The van der Waals surface area contributed by atoms with Gasteiger partial charge in [-0.2, -0.15) is 0 Å². The van der Waals surface area contributed by atoms with Crippen LogP contribution in [0.4, 0.5) is 0 Å². The molecule has 0 spiro atoms. The maximum absolute atomic E-state index is 11.4. The standard InChI is InChI=1S/C15H18Cl2N2O2/c1-2-21-15(20)4-3-9-19-13-10-11(17)5-6-12(13)18-14(19)7-8-16/h5-6,10H,2-4,7-9H2,1H3. The molecule has 0 saturated heterocycles. The molecule has 0 fully saturated rings. The summed E-state index contributed by atoms with van der Waals surface area (Å²) in [6.07, 6.45) is 1.79. The van der Waals surface area contributed by atoms with Gasteiger partial charge in [0.05, 0.1) is 17.6 Å². The Morgan fingerprint density at radius 1 is 1.43 bits per heavy atom. The Bertz CT molecular complexity index is 625. The van der Waals surface area contributed by atoms with Gasteiger partial charge in [-0.15, -0.1) is 11.6 Å². The van der Waals surface area contributed by atoms with E-state index in [0.717, 1.165) is 16.9 Å². The van der Waals surface area contributed by atoms with E-state index in [0.29, 0.717) is 43.3 Å². The fourth-order valence-corrected chi connectivity index (χ4v) is 2.62. The van der Waals surface area contributed by atoms with Crippen molar-refractivity contribution in [1.29, 1.82) is 0 Å². The number of halogens is 2. The summed E-state index contributed by atoms with van der Waals surface area (Å²) in [6.45, 7) is 2.92. The molecule has 2 aromatic rings. The molecule has 2 rings (SSSR count). The van der Waals surface area contributed by atoms with Gasteiger partial charge >= 0.3 is 5.97 Å². The Labute approximate surface area is 134 Å². The third-order valence-corrected chi connectivity index (χ3v) is 3.60. The number of carbonyl (C=O) groups is 1. The van der Waals surface area contributed by atoms with Crippen LogP contribution >= 0.6 is 23.2 Å². The normalized spacial score (nSPS) is 11.0. The first-order valence-electron chi connectivity index (χ1n) is 7.02. The second kappa shape index (κ2) is 7.66. The molecule has 0 aliphatic heterocycles. The minimum atomic E-state index is -0.168. The zero-order valence-electron chi connectivity index (χ0n) is 11.9. The minimum absolute atomic E-state index is 0.168. The van der Waals surface area contributed by atoms with Crippen molar-refractivity contribution in [2.75, 3.05) is 12.5 Å². The molecule has 0 aliphatic rings. The maximum Gasteiger partial charge on any atom is 0.305 e. The third kappa shape index (κ3) is 4.11. The van der Waals surface area contributed by atoms with Gasteiger partial charge in [0.2, 0.25) is 0 Å². The summed E-state index contributed by atoms with van der Waals surface area (Å²) in [4.78, 5) is 16.0. The molecule has 0 N–H and O–H groups in total. The van der Waals surface area contributed by atoms with Crippen LogP contribution in [-0.4, -0.2) is 28.0 Å². The number of aryl methyl sites for hydroxylation is 2. The van der Waals surface area contributed by atoms with Crippen LogP contribution in [0, 0.1) is 0 Å². The molecule has 0 atom stereocenters. The van der Waals surface area contributed by atoms with Crippen LogP contribution in [0.3, 0.4) is 0 Å². The summed E-state index contributed by atoms with van der Waals surface area (Å²) in [7, 11) is 0. The Hall–Kier alpha value is -1.26. The van der Waals surface area contributed by atoms with Crippen LogP contribution in [0.2, 0.25) is 5.02 Å². The molecule has 0 aliphatic carbocycles. The molecule has 1 aromatic heterocycles. The van der Waals surface area contributed by atoms with E-state index >= 15 is 0 Å². The van der Waals surface area contributed by atoms with Gasteiger partial charge in [-0.3, -0.25) is 4.79 Å². The van der Waals surface area contributed by atoms with Crippen LogP contribution in [-0.2, 0) is 22.5 Å². The van der Waals surface area contributed by atoms with Gasteiger partial charge < -0.3 is 9.30 Å². The van der Waals surface area contributed by atoms with E-state index in [9.17, 15) is 4.79 Å². The molecule has 114 valence electrons. The molecule has 21 heavy (non-hydrogen) atoms. The zero-order chi connectivity index (χ0) is 15.2. The quantitative estimate of drug-likeness (QED) is 0.573. The number of imidazole rings is 1. The number of hydrogen-bond acceptors (Lipinski definition) is 3. The summed E-state index contributed by atoms with van der Waals surface area (Å²) in [5, 5.41) is 0.673. The van der Waals surface area contributed by atoms with Gasteiger partial charge in [0.25, 0.3) is 0 Å². The number of rotatable bonds is 7. The number of carbonyl (C=O) groups excluding carboxylic acids is 1. The molecule has 0 unspecified atom stereocenters. The molecule has 0 saturated carbocycles. The SMILES string of the molecule is CCOC(=O)CCCn1c(CCCl)nc2ccc(Cl)cc21. The van der Waals surface area contributed by atoms with Gasteiger partial charge in [0.1, 0.15) is 5.82 Å². The number of alkyl halides is 1. The Kier molecular flexibility index (Phi) is 5.88. The highest BCUT2D eigenvalue weighted by Gasteiger charge is 2.11. The Morgan fingerprint density at radius 3 is 2.95 bits per heavy atom. The van der Waals surface area contributed by atoms with E-state index in [1.54, 1.807) is 0 Å². The number of hydrogen-bond donors (Lipinski definition) is 0. The lowest BCUT2D eigenvalue weighted by molar-refractivity contribution is -0.143. The minimum Gasteiger partial charge on any atom is -0.466 e. The first-order chi connectivity index (χ1) is 10.2. The van der Waals surface area contributed by atoms with Crippen molar-refractivity contribution < 1.29 is 9.53 Å². The lowest BCUT2D eigenvalue weighted by Crippen LogP contribution is -2.09. The van der Waals surface area contributed by atoms with Crippen molar-refractivity contribution in [3.05, 3.63) is 29.0 Å². The molecule has 0 amide bonds. The van der Waals surface area contributed by atoms with E-state index in [2.05, 4.69) is 9.55 Å². The van der Waals surface area contributed by atoms with Crippen molar-refractivity contribution in [3.63, 3.8) is 0 Å². The first kappa shape index (κ1) is 16.1. The lowest BCUT2D eigenvalue weighted by atomic mass is 10.2. The fraction of sp³-hybridized carbons (Fsp3) is 0.467. The second-order valence-electron chi connectivity index (χ2n) is 4.66. The largest absolute Gasteiger partial charge is 0.466 e. The summed E-state index contributed by atoms with van der Waals surface area (Å²) >= 11 is 11.9. The summed E-state index contributed by atoms with van der Waals surface area (Å²) in [5.74, 6) is 1.26. The van der Waals surface area contributed by atoms with E-state index < -0.39 is 0 Å². The number of fused-ring (bicyclic) bond motifs is 1. The summed E-state index contributed by atoms with van der Waals surface area (Å²) in [5.41, 5.74) is 1.88. The van der Waals surface area contributed by atoms with Crippen molar-refractivity contribution >= 4 is 40.2 Å². The van der Waals surface area contributed by atoms with Gasteiger partial charge in [-0.05, 0) is 31.5 Å². The topological polar surface area (TPSA) is 44.1 Å². The maximum atomic E-state index is 11.4. The summed E-state index contributed by atoms with van der Waals surface area (Å²) < 4.78 is 7.03. The van der Waals surface area contributed by atoms with Crippen LogP contribution in [0.25, 0.3) is 11.0 Å². The Morgan fingerprint density at radius 2 is 2.24 bits per heavy atom. The molecule has 4 nitrogen and oxygen atoms in total. The van der Waals surface area contributed by atoms with Gasteiger partial charge in [-0.25, -0.2) is 4.98 Å². The van der Waals surface area contributed by atoms with E-state index in [1.165, 1.54) is 0 Å². The molecule has 6 heteroatoms. The fourth-order valence-electron chi connectivity index (χ4n) is 2.29. The Balaban J connectivity index is 2.17. The average molecular weight is 329 g/mol. The lowest BCUT2D eigenvalue weighted by Gasteiger charge is -2.08. The van der Waals surface area contributed by atoms with E-state index in [4.69, 9.17) is 27.9 Å². The van der Waals surface area contributed by atoms with Crippen LogP contribution in [0.15, 0.2) is 18.2 Å². The zero-order valence-corrected chi connectivity index (χ0v) is 13.5. The molecule has 0 radical (unpaired) electrons. The van der Waals surface area contributed by atoms with E-state index in [1.807, 2.05) is 25.1 Å². The highest BCUT2D eigenvalue weighted by atomic mass is 35.5. The van der Waals surface area contributed by atoms with Crippen LogP contribution in [0.1, 0.15) is 25.6 Å². The number of esters is 1. The third-order valence-electron chi connectivity index (χ3n) is 3.18. The molecule has 1 aromatic carbocycles. The van der Waals surface area contributed by atoms with Crippen molar-refractivity contribution in [3.8, 4) is 0 Å². The van der Waals surface area contributed by atoms with Crippen molar-refractivity contribution in [2.45, 2.75) is 32.7 Å². The van der Waals surface area contributed by atoms with Crippen LogP contribution < -0.4 is 0 Å².